The van der Waals surface area contributed by atoms with Gasteiger partial charge in [0.25, 0.3) is 0 Å². The zero-order valence-electron chi connectivity index (χ0n) is 10.1. The van der Waals surface area contributed by atoms with Crippen LogP contribution >= 0.6 is 0 Å². The Balaban J connectivity index is 2.15. The van der Waals surface area contributed by atoms with Crippen LogP contribution in [-0.2, 0) is 4.79 Å². The Morgan fingerprint density at radius 3 is 2.74 bits per heavy atom. The first-order valence-electron chi connectivity index (χ1n) is 5.90. The minimum atomic E-state index is -0.940. The molecule has 0 bridgehead atoms. The van der Waals surface area contributed by atoms with Crippen molar-refractivity contribution in [2.24, 2.45) is 0 Å². The predicted octanol–water partition coefficient (Wildman–Crippen LogP) is 3.12. The molecule has 0 spiro atoms. The SMILES string of the molecule is O=C(O)/C(=C/c1c[nH]c2ccccc12)c1cc[nH]c1. The number of hydrogen-bond acceptors (Lipinski definition) is 1. The van der Waals surface area contributed by atoms with Crippen molar-refractivity contribution in [3.05, 3.63) is 60.0 Å². The molecule has 3 aromatic rings. The maximum absolute atomic E-state index is 11.4. The second-order valence-electron chi connectivity index (χ2n) is 4.25. The summed E-state index contributed by atoms with van der Waals surface area (Å²) in [5.41, 5.74) is 2.80. The molecule has 0 radical (unpaired) electrons. The van der Waals surface area contributed by atoms with Crippen LogP contribution in [0.5, 0.6) is 0 Å². The van der Waals surface area contributed by atoms with Crippen LogP contribution in [0.2, 0.25) is 0 Å². The summed E-state index contributed by atoms with van der Waals surface area (Å²) in [6.07, 6.45) is 6.89. The summed E-state index contributed by atoms with van der Waals surface area (Å²) in [6.45, 7) is 0. The number of benzene rings is 1. The van der Waals surface area contributed by atoms with E-state index in [2.05, 4.69) is 9.97 Å². The summed E-state index contributed by atoms with van der Waals surface area (Å²) in [4.78, 5) is 17.4. The molecule has 0 saturated carbocycles. The standard InChI is InChI=1S/C15H12N2O2/c18-15(19)13(10-5-6-16-8-10)7-11-9-17-14-4-2-1-3-12(11)14/h1-9,16-17H,(H,18,19)/b13-7+. The van der Waals surface area contributed by atoms with Crippen molar-refractivity contribution in [3.8, 4) is 0 Å². The summed E-state index contributed by atoms with van der Waals surface area (Å²) >= 11 is 0. The largest absolute Gasteiger partial charge is 0.478 e. The van der Waals surface area contributed by atoms with E-state index < -0.39 is 5.97 Å². The molecule has 19 heavy (non-hydrogen) atoms. The van der Waals surface area contributed by atoms with E-state index in [0.717, 1.165) is 16.5 Å². The second kappa shape index (κ2) is 4.49. The van der Waals surface area contributed by atoms with Crippen LogP contribution in [0.3, 0.4) is 0 Å². The van der Waals surface area contributed by atoms with E-state index >= 15 is 0 Å². The Morgan fingerprint density at radius 2 is 2.00 bits per heavy atom. The molecule has 2 heterocycles. The van der Waals surface area contributed by atoms with Gasteiger partial charge in [-0.3, -0.25) is 0 Å². The van der Waals surface area contributed by atoms with Gasteiger partial charge in [-0.1, -0.05) is 18.2 Å². The monoisotopic (exact) mass is 252 g/mol. The average molecular weight is 252 g/mol. The molecule has 2 aromatic heterocycles. The van der Waals surface area contributed by atoms with E-state index in [9.17, 15) is 9.90 Å². The molecule has 0 unspecified atom stereocenters. The van der Waals surface area contributed by atoms with Crippen molar-refractivity contribution >= 4 is 28.5 Å². The highest BCUT2D eigenvalue weighted by molar-refractivity contribution is 6.21. The average Bonchev–Trinajstić information content (AvgIpc) is 3.05. The van der Waals surface area contributed by atoms with Gasteiger partial charge in [0.15, 0.2) is 0 Å². The molecule has 94 valence electrons. The predicted molar refractivity (Wildman–Crippen MR) is 74.6 cm³/mol. The molecule has 4 nitrogen and oxygen atoms in total. The summed E-state index contributed by atoms with van der Waals surface area (Å²) < 4.78 is 0. The minimum absolute atomic E-state index is 0.269. The third-order valence-electron chi connectivity index (χ3n) is 3.06. The second-order valence-corrected chi connectivity index (χ2v) is 4.25. The van der Waals surface area contributed by atoms with Crippen molar-refractivity contribution in [2.45, 2.75) is 0 Å². The lowest BCUT2D eigenvalue weighted by Gasteiger charge is -1.99. The number of rotatable bonds is 3. The summed E-state index contributed by atoms with van der Waals surface area (Å²) in [5, 5.41) is 10.3. The molecule has 3 rings (SSSR count). The zero-order valence-corrected chi connectivity index (χ0v) is 10.1. The number of aromatic nitrogens is 2. The number of H-pyrrole nitrogens is 2. The molecule has 0 amide bonds. The maximum atomic E-state index is 11.4. The highest BCUT2D eigenvalue weighted by Gasteiger charge is 2.12. The first-order valence-corrected chi connectivity index (χ1v) is 5.90. The number of para-hydroxylation sites is 1. The fourth-order valence-electron chi connectivity index (χ4n) is 2.13. The van der Waals surface area contributed by atoms with Crippen molar-refractivity contribution < 1.29 is 9.90 Å². The van der Waals surface area contributed by atoms with E-state index in [1.54, 1.807) is 24.5 Å². The highest BCUT2D eigenvalue weighted by atomic mass is 16.4. The first kappa shape index (κ1) is 11.3. The fraction of sp³-hybridized carbons (Fsp3) is 0. The Bertz CT molecular complexity index is 751. The van der Waals surface area contributed by atoms with Gasteiger partial charge in [0.2, 0.25) is 0 Å². The van der Waals surface area contributed by atoms with Crippen LogP contribution in [0.15, 0.2) is 48.9 Å². The van der Waals surface area contributed by atoms with Crippen LogP contribution in [-0.4, -0.2) is 21.0 Å². The highest BCUT2D eigenvalue weighted by Crippen LogP contribution is 2.24. The molecule has 3 N–H and O–H groups in total. The Labute approximate surface area is 109 Å². The Kier molecular flexibility index (Phi) is 2.68. The quantitative estimate of drug-likeness (QED) is 0.627. The topological polar surface area (TPSA) is 68.9 Å². The van der Waals surface area contributed by atoms with Crippen LogP contribution in [0.4, 0.5) is 0 Å². The summed E-state index contributed by atoms with van der Waals surface area (Å²) in [6, 6.07) is 9.55. The van der Waals surface area contributed by atoms with Crippen LogP contribution in [0.25, 0.3) is 22.6 Å². The summed E-state index contributed by atoms with van der Waals surface area (Å²) in [5.74, 6) is -0.940. The molecule has 0 aliphatic rings. The minimum Gasteiger partial charge on any atom is -0.478 e. The fourth-order valence-corrected chi connectivity index (χ4v) is 2.13. The van der Waals surface area contributed by atoms with Gasteiger partial charge < -0.3 is 15.1 Å². The van der Waals surface area contributed by atoms with Gasteiger partial charge in [-0.25, -0.2) is 4.79 Å². The number of fused-ring (bicyclic) bond motifs is 1. The lowest BCUT2D eigenvalue weighted by atomic mass is 10.1. The number of carbonyl (C=O) groups is 1. The molecule has 0 aliphatic carbocycles. The lowest BCUT2D eigenvalue weighted by molar-refractivity contribution is -0.130. The molecule has 0 aliphatic heterocycles. The molecule has 0 saturated heterocycles. The van der Waals surface area contributed by atoms with Crippen LogP contribution < -0.4 is 0 Å². The first-order chi connectivity index (χ1) is 9.25. The lowest BCUT2D eigenvalue weighted by Crippen LogP contribution is -1.98. The number of carboxylic acid groups (broad SMARTS) is 1. The van der Waals surface area contributed by atoms with Gasteiger partial charge in [0.1, 0.15) is 0 Å². The molecule has 4 heteroatoms. The maximum Gasteiger partial charge on any atom is 0.336 e. The third-order valence-corrected chi connectivity index (χ3v) is 3.06. The molecular weight excluding hydrogens is 240 g/mol. The van der Waals surface area contributed by atoms with E-state index in [-0.39, 0.29) is 5.57 Å². The van der Waals surface area contributed by atoms with Gasteiger partial charge >= 0.3 is 5.97 Å². The summed E-state index contributed by atoms with van der Waals surface area (Å²) in [7, 11) is 0. The molecule has 1 aromatic carbocycles. The number of aromatic amines is 2. The van der Waals surface area contributed by atoms with Crippen molar-refractivity contribution in [1.82, 2.24) is 9.97 Å². The van der Waals surface area contributed by atoms with Crippen LogP contribution in [0.1, 0.15) is 11.1 Å². The van der Waals surface area contributed by atoms with E-state index in [4.69, 9.17) is 0 Å². The molecule has 0 atom stereocenters. The van der Waals surface area contributed by atoms with Gasteiger partial charge in [-0.15, -0.1) is 0 Å². The molecular formula is C15H12N2O2. The van der Waals surface area contributed by atoms with Crippen molar-refractivity contribution in [2.75, 3.05) is 0 Å². The smallest absolute Gasteiger partial charge is 0.336 e. The number of aliphatic carboxylic acids is 1. The number of nitrogens with one attached hydrogen (secondary N) is 2. The van der Waals surface area contributed by atoms with Crippen LogP contribution in [0, 0.1) is 0 Å². The van der Waals surface area contributed by atoms with Gasteiger partial charge in [0.05, 0.1) is 5.57 Å². The van der Waals surface area contributed by atoms with Gasteiger partial charge in [0, 0.05) is 40.6 Å². The van der Waals surface area contributed by atoms with Crippen molar-refractivity contribution in [3.63, 3.8) is 0 Å². The third kappa shape index (κ3) is 2.04. The zero-order chi connectivity index (χ0) is 13.2. The Morgan fingerprint density at radius 1 is 1.16 bits per heavy atom. The Hall–Kier alpha value is -2.75. The number of carboxylic acids is 1. The number of hydrogen-bond donors (Lipinski definition) is 3. The van der Waals surface area contributed by atoms with Crippen molar-refractivity contribution in [1.29, 1.82) is 0 Å². The normalized spacial score (nSPS) is 11.9. The van der Waals surface area contributed by atoms with E-state index in [1.807, 2.05) is 30.5 Å². The molecule has 0 fully saturated rings. The van der Waals surface area contributed by atoms with Gasteiger partial charge in [-0.05, 0) is 18.2 Å². The van der Waals surface area contributed by atoms with Gasteiger partial charge in [-0.2, -0.15) is 0 Å². The van der Waals surface area contributed by atoms with E-state index in [1.165, 1.54) is 0 Å². The van der Waals surface area contributed by atoms with E-state index in [0.29, 0.717) is 5.56 Å².